The number of benzene rings is 2. The van der Waals surface area contributed by atoms with Gasteiger partial charge in [0, 0.05) is 5.02 Å². The summed E-state index contributed by atoms with van der Waals surface area (Å²) in [6.45, 7) is -0.0685. The second kappa shape index (κ2) is 8.65. The van der Waals surface area contributed by atoms with Gasteiger partial charge in [-0.3, -0.25) is 10.1 Å². The number of nitrogens with one attached hydrogen (secondary N) is 2. The second-order valence-electron chi connectivity index (χ2n) is 5.63. The number of amides is 2. The Balaban J connectivity index is 1.70. The Morgan fingerprint density at radius 2 is 1.50 bits per heavy atom. The highest BCUT2D eigenvalue weighted by Crippen LogP contribution is 2.23. The number of halogens is 1. The van der Waals surface area contributed by atoms with E-state index < -0.39 is 10.5 Å². The maximum absolute atomic E-state index is 12.4. The molecule has 132 valence electrons. The van der Waals surface area contributed by atoms with Gasteiger partial charge in [0.1, 0.15) is 17.3 Å². The average Bonchev–Trinajstić information content (AvgIpc) is 3.21. The Morgan fingerprint density at radius 3 is 2.15 bits per heavy atom. The summed E-state index contributed by atoms with van der Waals surface area (Å²) in [5, 5.41) is 9.77. The zero-order valence-electron chi connectivity index (χ0n) is 13.9. The molecular weight excluding hydrogens is 368 g/mol. The van der Waals surface area contributed by atoms with E-state index in [1.165, 1.54) is 0 Å². The van der Waals surface area contributed by atoms with Crippen LogP contribution in [0, 0.1) is 0 Å². The Bertz CT molecular complexity index is 865. The molecule has 2 amide bonds. The van der Waals surface area contributed by atoms with Crippen molar-refractivity contribution in [2.75, 3.05) is 6.54 Å². The quantitative estimate of drug-likeness (QED) is 0.611. The van der Waals surface area contributed by atoms with Crippen LogP contribution in [0.25, 0.3) is 0 Å². The van der Waals surface area contributed by atoms with E-state index in [0.717, 1.165) is 11.1 Å². The molecule has 0 bridgehead atoms. The minimum atomic E-state index is -0.582. The first kappa shape index (κ1) is 18.2. The van der Waals surface area contributed by atoms with E-state index in [2.05, 4.69) is 10.6 Å². The second-order valence-corrected chi connectivity index (χ2v) is 7.73. The molecule has 3 aromatic rings. The molecule has 2 N–H and O–H groups in total. The fourth-order valence-electron chi connectivity index (χ4n) is 2.54. The van der Waals surface area contributed by atoms with Gasteiger partial charge in [0.25, 0.3) is 0 Å². The van der Waals surface area contributed by atoms with E-state index in [1.54, 1.807) is 12.1 Å². The topological polar surface area (TPSA) is 58.2 Å². The smallest absolute Gasteiger partial charge is 0.344 e. The molecule has 1 aromatic heterocycles. The first-order valence-electron chi connectivity index (χ1n) is 8.08. The lowest BCUT2D eigenvalue weighted by molar-refractivity contribution is -0.120. The van der Waals surface area contributed by atoms with Crippen LogP contribution in [0.15, 0.2) is 77.5 Å². The van der Waals surface area contributed by atoms with Crippen molar-refractivity contribution >= 4 is 33.2 Å². The van der Waals surface area contributed by atoms with Gasteiger partial charge < -0.3 is 5.32 Å². The summed E-state index contributed by atoms with van der Waals surface area (Å²) in [5.74, 6) is -0.252. The highest BCUT2D eigenvalue weighted by Gasteiger charge is 2.20. The summed E-state index contributed by atoms with van der Waals surface area (Å²) < 4.78 is 0. The zero-order chi connectivity index (χ0) is 18.4. The van der Waals surface area contributed by atoms with Crippen LogP contribution in [0.4, 0.5) is 4.79 Å². The predicted octanol–water partition coefficient (Wildman–Crippen LogP) is 4.55. The monoisotopic (exact) mass is 385 g/mol. The largest absolute Gasteiger partial charge is 0.456 e. The van der Waals surface area contributed by atoms with E-state index in [-0.39, 0.29) is 23.7 Å². The predicted molar refractivity (Wildman–Crippen MR) is 106 cm³/mol. The molecule has 0 saturated carbocycles. The Hall–Kier alpha value is -2.63. The number of hydrogen-bond acceptors (Lipinski definition) is 2. The molecule has 0 aliphatic heterocycles. The van der Waals surface area contributed by atoms with E-state index in [0.29, 0.717) is 5.02 Å². The number of carbonyl (C=O) groups is 2. The third kappa shape index (κ3) is 4.71. The number of hydrogen-bond donors (Lipinski definition) is 2. The maximum Gasteiger partial charge on any atom is 0.456 e. The molecule has 2 aromatic carbocycles. The SMILES string of the molecule is O=C(CNC(=O)[s+]1cccc1)NC(c1ccccc1)c1ccc(Cl)cc1. The van der Waals surface area contributed by atoms with Crippen molar-refractivity contribution in [1.29, 1.82) is 0 Å². The summed E-state index contributed by atoms with van der Waals surface area (Å²) in [5.41, 5.74) is 1.88. The summed E-state index contributed by atoms with van der Waals surface area (Å²) in [4.78, 5) is 24.4. The fraction of sp³-hybridized carbons (Fsp3) is 0.100. The molecule has 1 unspecified atom stereocenters. The van der Waals surface area contributed by atoms with Crippen LogP contribution >= 0.6 is 22.1 Å². The summed E-state index contributed by atoms with van der Waals surface area (Å²) in [7, 11) is -0.582. The Labute approximate surface area is 159 Å². The lowest BCUT2D eigenvalue weighted by Crippen LogP contribution is -2.38. The third-order valence-corrected chi connectivity index (χ3v) is 5.54. The Morgan fingerprint density at radius 1 is 0.885 bits per heavy atom. The molecule has 1 heterocycles. The number of rotatable bonds is 6. The average molecular weight is 386 g/mol. The van der Waals surface area contributed by atoms with Gasteiger partial charge in [0.05, 0.1) is 16.5 Å². The van der Waals surface area contributed by atoms with Crippen LogP contribution in [0.2, 0.25) is 5.02 Å². The van der Waals surface area contributed by atoms with Crippen molar-refractivity contribution < 1.29 is 9.59 Å². The summed E-state index contributed by atoms with van der Waals surface area (Å²) in [6, 6.07) is 20.4. The number of thiophene rings is 1. The van der Waals surface area contributed by atoms with Gasteiger partial charge >= 0.3 is 5.24 Å². The first-order valence-corrected chi connectivity index (χ1v) is 9.81. The minimum absolute atomic E-state index is 0.0685. The normalized spacial score (nSPS) is 11.6. The van der Waals surface area contributed by atoms with Gasteiger partial charge in [-0.15, -0.1) is 0 Å². The molecule has 0 fully saturated rings. The summed E-state index contributed by atoms with van der Waals surface area (Å²) >= 11 is 5.97. The molecule has 6 heteroatoms. The highest BCUT2D eigenvalue weighted by atomic mass is 35.5. The lowest BCUT2D eigenvalue weighted by atomic mass is 9.99. The number of carbonyl (C=O) groups excluding carboxylic acids is 2. The third-order valence-electron chi connectivity index (χ3n) is 3.81. The van der Waals surface area contributed by atoms with E-state index in [1.807, 2.05) is 65.4 Å². The van der Waals surface area contributed by atoms with Crippen LogP contribution in [-0.4, -0.2) is 17.7 Å². The standard InChI is InChI=1S/C20H17ClN2O2S/c21-17-10-8-16(9-11-17)19(15-6-2-1-3-7-15)23-18(24)14-22-20(25)26-12-4-5-13-26/h1-13,19H,14H2,(H-,22,23,24,25)/p+1. The van der Waals surface area contributed by atoms with Gasteiger partial charge in [-0.2, -0.15) is 0 Å². The van der Waals surface area contributed by atoms with Crippen molar-refractivity contribution in [2.24, 2.45) is 0 Å². The molecule has 3 rings (SSSR count). The van der Waals surface area contributed by atoms with Crippen molar-refractivity contribution in [3.8, 4) is 0 Å². The van der Waals surface area contributed by atoms with Crippen molar-refractivity contribution in [1.82, 2.24) is 10.6 Å². The molecule has 0 radical (unpaired) electrons. The zero-order valence-corrected chi connectivity index (χ0v) is 15.5. The van der Waals surface area contributed by atoms with Crippen LogP contribution < -0.4 is 10.6 Å². The van der Waals surface area contributed by atoms with E-state index in [9.17, 15) is 9.59 Å². The van der Waals surface area contributed by atoms with Crippen molar-refractivity contribution in [2.45, 2.75) is 6.04 Å². The van der Waals surface area contributed by atoms with Crippen LogP contribution in [-0.2, 0) is 4.79 Å². The van der Waals surface area contributed by atoms with Gasteiger partial charge in [-0.05, 0) is 35.4 Å². The molecule has 26 heavy (non-hydrogen) atoms. The fourth-order valence-corrected chi connectivity index (χ4v) is 3.76. The van der Waals surface area contributed by atoms with E-state index >= 15 is 0 Å². The summed E-state index contributed by atoms with van der Waals surface area (Å²) in [6.07, 6.45) is 0. The van der Waals surface area contributed by atoms with Crippen molar-refractivity contribution in [3.63, 3.8) is 0 Å². The van der Waals surface area contributed by atoms with Crippen LogP contribution in [0.1, 0.15) is 17.2 Å². The molecular formula is C20H18ClN2O2S+. The maximum atomic E-state index is 12.4. The molecule has 1 atom stereocenters. The lowest BCUT2D eigenvalue weighted by Gasteiger charge is -2.20. The molecule has 4 nitrogen and oxygen atoms in total. The van der Waals surface area contributed by atoms with E-state index in [4.69, 9.17) is 11.6 Å². The van der Waals surface area contributed by atoms with Crippen molar-refractivity contribution in [3.05, 3.63) is 93.6 Å². The first-order chi connectivity index (χ1) is 12.6. The molecule has 0 spiro atoms. The van der Waals surface area contributed by atoms with Crippen LogP contribution in [0.5, 0.6) is 0 Å². The van der Waals surface area contributed by atoms with Crippen LogP contribution in [0.3, 0.4) is 0 Å². The van der Waals surface area contributed by atoms with Gasteiger partial charge in [0.2, 0.25) is 5.91 Å². The molecule has 0 aliphatic rings. The van der Waals surface area contributed by atoms with Gasteiger partial charge in [-0.25, -0.2) is 4.79 Å². The Kier molecular flexibility index (Phi) is 6.04. The van der Waals surface area contributed by atoms with Gasteiger partial charge in [-0.1, -0.05) is 54.1 Å². The highest BCUT2D eigenvalue weighted by molar-refractivity contribution is 7.48. The molecule has 0 saturated heterocycles. The molecule has 0 aliphatic carbocycles. The minimum Gasteiger partial charge on any atom is -0.344 e. The van der Waals surface area contributed by atoms with Gasteiger partial charge in [0.15, 0.2) is 0 Å².